The van der Waals surface area contributed by atoms with Crippen molar-refractivity contribution in [2.75, 3.05) is 20.6 Å². The molecule has 196 valence electrons. The lowest BCUT2D eigenvalue weighted by molar-refractivity contribution is -0.161. The van der Waals surface area contributed by atoms with Crippen LogP contribution in [-0.4, -0.2) is 72.0 Å². The second kappa shape index (κ2) is 12.5. The Balaban J connectivity index is 2.52. The molecule has 7 heteroatoms. The Morgan fingerprint density at radius 2 is 1.80 bits per heavy atom. The van der Waals surface area contributed by atoms with Crippen LogP contribution in [0.2, 0.25) is 0 Å². The van der Waals surface area contributed by atoms with Gasteiger partial charge in [0, 0.05) is 39.6 Å². The molecule has 0 spiro atoms. The number of likely N-dealkylation sites (tertiary alicyclic amines) is 1. The van der Waals surface area contributed by atoms with Gasteiger partial charge in [0.25, 0.3) is 0 Å². The topological polar surface area (TPSA) is 79.0 Å². The smallest absolute Gasteiger partial charge is 0.323 e. The van der Waals surface area contributed by atoms with Gasteiger partial charge in [-0.1, -0.05) is 43.7 Å². The molecule has 0 saturated carbocycles. The third kappa shape index (κ3) is 8.34. The Morgan fingerprint density at radius 1 is 1.17 bits per heavy atom. The third-order valence-corrected chi connectivity index (χ3v) is 6.71. The van der Waals surface area contributed by atoms with Crippen molar-refractivity contribution in [1.82, 2.24) is 15.1 Å². The number of hydrogen-bond donors (Lipinski definition) is 1. The van der Waals surface area contributed by atoms with E-state index in [1.54, 1.807) is 19.0 Å². The second-order valence-electron chi connectivity index (χ2n) is 11.1. The van der Waals surface area contributed by atoms with Gasteiger partial charge in [0.2, 0.25) is 11.8 Å². The van der Waals surface area contributed by atoms with Crippen molar-refractivity contribution in [1.29, 1.82) is 0 Å². The van der Waals surface area contributed by atoms with Gasteiger partial charge in [-0.15, -0.1) is 0 Å². The SMILES string of the molecule is CCC[C@@H](C(C)NC(C)=O)[C@H](Cc1ccccc1)N1CC(C(=O)N(C)C)CC1C(=O)OC(C)(C)C. The molecule has 0 aliphatic carbocycles. The van der Waals surface area contributed by atoms with Crippen molar-refractivity contribution in [2.24, 2.45) is 11.8 Å². The molecule has 35 heavy (non-hydrogen) atoms. The zero-order valence-corrected chi connectivity index (χ0v) is 22.8. The fourth-order valence-corrected chi connectivity index (χ4v) is 5.28. The molecule has 1 aromatic rings. The van der Waals surface area contributed by atoms with Gasteiger partial charge in [-0.05, 0) is 58.4 Å². The molecule has 1 heterocycles. The standard InChI is InChI=1S/C28H45N3O4/c1-9-13-23(19(2)29-20(3)32)24(16-21-14-11-10-12-15-21)31-18-22(26(33)30(7)8)17-25(31)27(34)35-28(4,5)6/h10-12,14-15,19,22-25H,9,13,16-18H2,1-8H3,(H,29,32)/t19?,22?,23-,24-,25?/m0/s1. The lowest BCUT2D eigenvalue weighted by Crippen LogP contribution is -2.54. The maximum atomic E-state index is 13.4. The van der Waals surface area contributed by atoms with E-state index in [-0.39, 0.29) is 41.7 Å². The molecule has 2 rings (SSSR count). The number of rotatable bonds is 10. The van der Waals surface area contributed by atoms with Crippen molar-refractivity contribution in [3.05, 3.63) is 35.9 Å². The monoisotopic (exact) mass is 487 g/mol. The van der Waals surface area contributed by atoms with E-state index in [9.17, 15) is 14.4 Å². The van der Waals surface area contributed by atoms with Gasteiger partial charge in [-0.2, -0.15) is 0 Å². The average Bonchev–Trinajstić information content (AvgIpc) is 3.20. The summed E-state index contributed by atoms with van der Waals surface area (Å²) in [4.78, 5) is 42.2. The molecule has 0 radical (unpaired) electrons. The molecule has 1 fully saturated rings. The van der Waals surface area contributed by atoms with Crippen molar-refractivity contribution in [2.45, 2.75) is 91.0 Å². The van der Waals surface area contributed by atoms with Crippen LogP contribution in [0.15, 0.2) is 30.3 Å². The van der Waals surface area contributed by atoms with Gasteiger partial charge in [0.1, 0.15) is 11.6 Å². The number of amides is 2. The minimum Gasteiger partial charge on any atom is -0.459 e. The summed E-state index contributed by atoms with van der Waals surface area (Å²) in [7, 11) is 3.52. The first-order valence-electron chi connectivity index (χ1n) is 12.8. The maximum absolute atomic E-state index is 13.4. The minimum absolute atomic E-state index is 0.0291. The first-order valence-corrected chi connectivity index (χ1v) is 12.8. The highest BCUT2D eigenvalue weighted by Gasteiger charge is 2.47. The van der Waals surface area contributed by atoms with E-state index in [1.165, 1.54) is 12.5 Å². The highest BCUT2D eigenvalue weighted by atomic mass is 16.6. The maximum Gasteiger partial charge on any atom is 0.323 e. The normalized spacial score (nSPS) is 21.1. The molecule has 1 N–H and O–H groups in total. The largest absolute Gasteiger partial charge is 0.459 e. The van der Waals surface area contributed by atoms with Crippen LogP contribution in [-0.2, 0) is 25.5 Å². The molecule has 5 atom stereocenters. The number of ether oxygens (including phenoxy) is 1. The first kappa shape index (κ1) is 28.8. The number of carbonyl (C=O) groups is 3. The van der Waals surface area contributed by atoms with Gasteiger partial charge in [0.05, 0.1) is 5.92 Å². The fraction of sp³-hybridized carbons (Fsp3) is 0.679. The highest BCUT2D eigenvalue weighted by molar-refractivity contribution is 5.82. The summed E-state index contributed by atoms with van der Waals surface area (Å²) in [5.41, 5.74) is 0.548. The third-order valence-electron chi connectivity index (χ3n) is 6.71. The minimum atomic E-state index is -0.617. The van der Waals surface area contributed by atoms with Gasteiger partial charge in [-0.3, -0.25) is 19.3 Å². The summed E-state index contributed by atoms with van der Waals surface area (Å²) in [5, 5.41) is 3.09. The summed E-state index contributed by atoms with van der Waals surface area (Å²) in [5.74, 6) is -0.502. The Labute approximate surface area is 211 Å². The zero-order valence-electron chi connectivity index (χ0n) is 22.8. The van der Waals surface area contributed by atoms with E-state index in [2.05, 4.69) is 29.3 Å². The van der Waals surface area contributed by atoms with Crippen LogP contribution < -0.4 is 5.32 Å². The summed E-state index contributed by atoms with van der Waals surface area (Å²) < 4.78 is 5.83. The average molecular weight is 488 g/mol. The number of esters is 1. The molecule has 0 aromatic heterocycles. The van der Waals surface area contributed by atoms with Crippen LogP contribution in [0.4, 0.5) is 0 Å². The molecule has 1 aliphatic heterocycles. The number of nitrogens with zero attached hydrogens (tertiary/aromatic N) is 2. The first-order chi connectivity index (χ1) is 16.3. The van der Waals surface area contributed by atoms with Crippen molar-refractivity contribution >= 4 is 17.8 Å². The molecule has 1 aromatic carbocycles. The van der Waals surface area contributed by atoms with E-state index in [1.807, 2.05) is 45.9 Å². The van der Waals surface area contributed by atoms with Crippen molar-refractivity contribution in [3.63, 3.8) is 0 Å². The van der Waals surface area contributed by atoms with Crippen LogP contribution >= 0.6 is 0 Å². The predicted octanol–water partition coefficient (Wildman–Crippen LogP) is 3.66. The number of nitrogens with one attached hydrogen (secondary N) is 1. The van der Waals surface area contributed by atoms with Gasteiger partial charge in [-0.25, -0.2) is 0 Å². The van der Waals surface area contributed by atoms with E-state index in [0.717, 1.165) is 19.3 Å². The van der Waals surface area contributed by atoms with Crippen molar-refractivity contribution in [3.8, 4) is 0 Å². The Hall–Kier alpha value is -2.41. The molecular formula is C28H45N3O4. The Bertz CT molecular complexity index is 850. The van der Waals surface area contributed by atoms with Crippen LogP contribution in [0, 0.1) is 11.8 Å². The van der Waals surface area contributed by atoms with E-state index < -0.39 is 11.6 Å². The molecule has 0 bridgehead atoms. The Morgan fingerprint density at radius 3 is 2.31 bits per heavy atom. The Kier molecular flexibility index (Phi) is 10.3. The quantitative estimate of drug-likeness (QED) is 0.510. The van der Waals surface area contributed by atoms with Crippen LogP contribution in [0.5, 0.6) is 0 Å². The number of hydrogen-bond acceptors (Lipinski definition) is 5. The lowest BCUT2D eigenvalue weighted by Gasteiger charge is -2.41. The molecule has 7 nitrogen and oxygen atoms in total. The molecular weight excluding hydrogens is 442 g/mol. The summed E-state index contributed by atoms with van der Waals surface area (Å²) in [6, 6.07) is 9.59. The summed E-state index contributed by atoms with van der Waals surface area (Å²) >= 11 is 0. The lowest BCUT2D eigenvalue weighted by atomic mass is 9.83. The van der Waals surface area contributed by atoms with Gasteiger partial charge < -0.3 is 15.0 Å². The molecule has 1 saturated heterocycles. The van der Waals surface area contributed by atoms with E-state index in [4.69, 9.17) is 4.74 Å². The predicted molar refractivity (Wildman–Crippen MR) is 139 cm³/mol. The molecule has 2 amide bonds. The van der Waals surface area contributed by atoms with Crippen LogP contribution in [0.3, 0.4) is 0 Å². The van der Waals surface area contributed by atoms with E-state index >= 15 is 0 Å². The fourth-order valence-electron chi connectivity index (χ4n) is 5.28. The summed E-state index contributed by atoms with van der Waals surface area (Å²) in [6.07, 6.45) is 3.00. The van der Waals surface area contributed by atoms with Crippen LogP contribution in [0.25, 0.3) is 0 Å². The molecule has 1 aliphatic rings. The van der Waals surface area contributed by atoms with E-state index in [0.29, 0.717) is 13.0 Å². The number of benzene rings is 1. The van der Waals surface area contributed by atoms with Crippen molar-refractivity contribution < 1.29 is 19.1 Å². The van der Waals surface area contributed by atoms with Crippen LogP contribution in [0.1, 0.15) is 66.4 Å². The van der Waals surface area contributed by atoms with Gasteiger partial charge >= 0.3 is 5.97 Å². The second-order valence-corrected chi connectivity index (χ2v) is 11.1. The molecule has 3 unspecified atom stereocenters. The van der Waals surface area contributed by atoms with Gasteiger partial charge in [0.15, 0.2) is 0 Å². The highest BCUT2D eigenvalue weighted by Crippen LogP contribution is 2.34. The summed E-state index contributed by atoms with van der Waals surface area (Å²) in [6.45, 7) is 11.8. The number of carbonyl (C=O) groups excluding carboxylic acids is 3. The zero-order chi connectivity index (χ0) is 26.3.